The molecule has 3 N–H and O–H groups in total. The molecule has 100 valence electrons. The predicted molar refractivity (Wildman–Crippen MR) is 70.2 cm³/mol. The van der Waals surface area contributed by atoms with E-state index in [2.05, 4.69) is 5.32 Å². The lowest BCUT2D eigenvalue weighted by Gasteiger charge is -2.26. The summed E-state index contributed by atoms with van der Waals surface area (Å²) < 4.78 is 0. The van der Waals surface area contributed by atoms with Crippen LogP contribution in [0.25, 0.3) is 0 Å². The van der Waals surface area contributed by atoms with Crippen LogP contribution in [-0.2, 0) is 11.2 Å². The van der Waals surface area contributed by atoms with E-state index in [1.54, 1.807) is 6.92 Å². The van der Waals surface area contributed by atoms with Crippen LogP contribution in [0.2, 0.25) is 0 Å². The molecule has 0 bridgehead atoms. The minimum Gasteiger partial charge on any atom is -0.394 e. The van der Waals surface area contributed by atoms with Gasteiger partial charge in [0.15, 0.2) is 0 Å². The van der Waals surface area contributed by atoms with Gasteiger partial charge in [-0.3, -0.25) is 4.79 Å². The second kappa shape index (κ2) is 6.52. The van der Waals surface area contributed by atoms with Crippen molar-refractivity contribution in [1.29, 1.82) is 0 Å². The lowest BCUT2D eigenvalue weighted by molar-refractivity contribution is -0.124. The van der Waals surface area contributed by atoms with E-state index in [0.717, 1.165) is 5.56 Å². The van der Waals surface area contributed by atoms with Gasteiger partial charge < -0.3 is 15.5 Å². The molecule has 1 aromatic rings. The van der Waals surface area contributed by atoms with E-state index in [4.69, 9.17) is 10.2 Å². The summed E-state index contributed by atoms with van der Waals surface area (Å²) in [5.74, 6) is -0.166. The molecule has 0 aliphatic carbocycles. The molecule has 4 nitrogen and oxygen atoms in total. The maximum absolute atomic E-state index is 11.7. The number of carbonyl (C=O) groups is 1. The number of aliphatic hydroxyl groups is 2. The molecule has 0 saturated carbocycles. The van der Waals surface area contributed by atoms with Crippen molar-refractivity contribution in [2.24, 2.45) is 0 Å². The molecule has 0 atom stereocenters. The number of nitrogens with one attached hydrogen (secondary N) is 1. The molecular weight excluding hydrogens is 230 g/mol. The topological polar surface area (TPSA) is 69.6 Å². The number of carbonyl (C=O) groups excluding carboxylic acids is 1. The van der Waals surface area contributed by atoms with Crippen LogP contribution < -0.4 is 5.32 Å². The molecule has 0 spiro atoms. The van der Waals surface area contributed by atoms with Crippen molar-refractivity contribution >= 4 is 5.91 Å². The van der Waals surface area contributed by atoms with Crippen molar-refractivity contribution < 1.29 is 15.0 Å². The third kappa shape index (κ3) is 4.47. The maximum atomic E-state index is 11.7. The van der Waals surface area contributed by atoms with Gasteiger partial charge in [-0.25, -0.2) is 0 Å². The highest BCUT2D eigenvalue weighted by Crippen LogP contribution is 2.07. The van der Waals surface area contributed by atoms with Gasteiger partial charge in [0, 0.05) is 6.42 Å². The predicted octanol–water partition coefficient (Wildman–Crippen LogP) is 0.787. The van der Waals surface area contributed by atoms with E-state index in [1.807, 2.05) is 31.2 Å². The molecule has 0 aliphatic rings. The Hall–Kier alpha value is -1.39. The van der Waals surface area contributed by atoms with Crippen LogP contribution in [0.15, 0.2) is 24.3 Å². The summed E-state index contributed by atoms with van der Waals surface area (Å²) in [6.45, 7) is 3.07. The number of hydrogen-bond donors (Lipinski definition) is 3. The Kier molecular flexibility index (Phi) is 5.31. The van der Waals surface area contributed by atoms with E-state index in [1.165, 1.54) is 5.56 Å². The zero-order chi connectivity index (χ0) is 13.6. The largest absolute Gasteiger partial charge is 0.394 e. The fraction of sp³-hybridized carbons (Fsp3) is 0.500. The van der Waals surface area contributed by atoms with Crippen LogP contribution in [0, 0.1) is 6.92 Å². The Morgan fingerprint density at radius 1 is 1.22 bits per heavy atom. The average molecular weight is 251 g/mol. The Labute approximate surface area is 108 Å². The van der Waals surface area contributed by atoms with Gasteiger partial charge in [-0.05, 0) is 25.8 Å². The highest BCUT2D eigenvalue weighted by Gasteiger charge is 2.24. The van der Waals surface area contributed by atoms with E-state index in [0.29, 0.717) is 12.8 Å². The van der Waals surface area contributed by atoms with E-state index < -0.39 is 5.54 Å². The minimum atomic E-state index is -0.940. The molecule has 0 fully saturated rings. The van der Waals surface area contributed by atoms with Crippen LogP contribution in [0.4, 0.5) is 0 Å². The number of aliphatic hydroxyl groups excluding tert-OH is 2. The van der Waals surface area contributed by atoms with Gasteiger partial charge >= 0.3 is 0 Å². The molecule has 1 aromatic carbocycles. The smallest absolute Gasteiger partial charge is 0.220 e. The quantitative estimate of drug-likeness (QED) is 0.700. The first-order chi connectivity index (χ1) is 8.49. The fourth-order valence-electron chi connectivity index (χ4n) is 1.54. The second-order valence-corrected chi connectivity index (χ2v) is 4.91. The summed E-state index contributed by atoms with van der Waals surface area (Å²) in [5.41, 5.74) is 1.35. The van der Waals surface area contributed by atoms with Crippen LogP contribution in [0.3, 0.4) is 0 Å². The van der Waals surface area contributed by atoms with E-state index in [9.17, 15) is 4.79 Å². The zero-order valence-corrected chi connectivity index (χ0v) is 10.9. The molecule has 0 aliphatic heterocycles. The normalized spacial score (nSPS) is 11.3. The first-order valence-electron chi connectivity index (χ1n) is 6.07. The Morgan fingerprint density at radius 2 is 1.78 bits per heavy atom. The maximum Gasteiger partial charge on any atom is 0.220 e. The Morgan fingerprint density at radius 3 is 2.28 bits per heavy atom. The highest BCUT2D eigenvalue weighted by atomic mass is 16.3. The summed E-state index contributed by atoms with van der Waals surface area (Å²) in [4.78, 5) is 11.7. The van der Waals surface area contributed by atoms with Crippen molar-refractivity contribution in [2.75, 3.05) is 13.2 Å². The molecule has 0 unspecified atom stereocenters. The number of aryl methyl sites for hydroxylation is 2. The van der Waals surface area contributed by atoms with Crippen molar-refractivity contribution in [1.82, 2.24) is 5.32 Å². The number of hydrogen-bond acceptors (Lipinski definition) is 3. The van der Waals surface area contributed by atoms with Crippen molar-refractivity contribution in [3.8, 4) is 0 Å². The van der Waals surface area contributed by atoms with Crippen LogP contribution in [0.1, 0.15) is 24.5 Å². The van der Waals surface area contributed by atoms with Crippen LogP contribution in [0.5, 0.6) is 0 Å². The summed E-state index contributed by atoms with van der Waals surface area (Å²) in [6, 6.07) is 8.03. The lowest BCUT2D eigenvalue weighted by Crippen LogP contribution is -2.51. The summed E-state index contributed by atoms with van der Waals surface area (Å²) in [5, 5.41) is 20.8. The zero-order valence-electron chi connectivity index (χ0n) is 10.9. The van der Waals surface area contributed by atoms with Gasteiger partial charge in [0.25, 0.3) is 0 Å². The van der Waals surface area contributed by atoms with Crippen molar-refractivity contribution in [3.05, 3.63) is 35.4 Å². The first kappa shape index (κ1) is 14.7. The van der Waals surface area contributed by atoms with Gasteiger partial charge in [0.2, 0.25) is 5.91 Å². The summed E-state index contributed by atoms with van der Waals surface area (Å²) in [7, 11) is 0. The van der Waals surface area contributed by atoms with Crippen LogP contribution >= 0.6 is 0 Å². The van der Waals surface area contributed by atoms with Crippen LogP contribution in [-0.4, -0.2) is 34.9 Å². The molecule has 0 radical (unpaired) electrons. The number of rotatable bonds is 6. The second-order valence-electron chi connectivity index (χ2n) is 4.91. The SMILES string of the molecule is Cc1ccc(CCC(=O)NC(C)(CO)CO)cc1. The Balaban J connectivity index is 2.44. The molecule has 0 aromatic heterocycles. The van der Waals surface area contributed by atoms with Gasteiger partial charge in [-0.2, -0.15) is 0 Å². The van der Waals surface area contributed by atoms with Gasteiger partial charge in [-0.15, -0.1) is 0 Å². The molecule has 1 amide bonds. The average Bonchev–Trinajstić information content (AvgIpc) is 2.38. The minimum absolute atomic E-state index is 0.166. The van der Waals surface area contributed by atoms with Gasteiger partial charge in [-0.1, -0.05) is 29.8 Å². The summed E-state index contributed by atoms with van der Waals surface area (Å²) >= 11 is 0. The van der Waals surface area contributed by atoms with Gasteiger partial charge in [0.1, 0.15) is 0 Å². The van der Waals surface area contributed by atoms with Gasteiger partial charge in [0.05, 0.1) is 18.8 Å². The Bertz CT molecular complexity index is 383. The third-order valence-corrected chi connectivity index (χ3v) is 2.90. The molecule has 18 heavy (non-hydrogen) atoms. The third-order valence-electron chi connectivity index (χ3n) is 2.90. The number of benzene rings is 1. The highest BCUT2D eigenvalue weighted by molar-refractivity contribution is 5.77. The van der Waals surface area contributed by atoms with E-state index in [-0.39, 0.29) is 19.1 Å². The molecule has 1 rings (SSSR count). The fourth-order valence-corrected chi connectivity index (χ4v) is 1.54. The molecule has 0 heterocycles. The van der Waals surface area contributed by atoms with Crippen molar-refractivity contribution in [3.63, 3.8) is 0 Å². The number of amides is 1. The summed E-state index contributed by atoms with van der Waals surface area (Å²) in [6.07, 6.45) is 0.998. The standard InChI is InChI=1S/C14H21NO3/c1-11-3-5-12(6-4-11)7-8-13(18)15-14(2,9-16)10-17/h3-6,16-17H,7-10H2,1-2H3,(H,15,18). The molecule has 4 heteroatoms. The monoisotopic (exact) mass is 251 g/mol. The first-order valence-corrected chi connectivity index (χ1v) is 6.07. The lowest BCUT2D eigenvalue weighted by atomic mass is 10.0. The molecule has 0 saturated heterocycles. The van der Waals surface area contributed by atoms with Crippen molar-refractivity contribution in [2.45, 2.75) is 32.2 Å². The van der Waals surface area contributed by atoms with E-state index >= 15 is 0 Å². The molecular formula is C14H21NO3.